The van der Waals surface area contributed by atoms with Gasteiger partial charge in [0.2, 0.25) is 0 Å². The number of halogens is 3. The van der Waals surface area contributed by atoms with Gasteiger partial charge in [0.1, 0.15) is 0 Å². The van der Waals surface area contributed by atoms with Crippen LogP contribution in [0.1, 0.15) is 25.3 Å². The molecule has 0 aliphatic heterocycles. The fourth-order valence-corrected chi connectivity index (χ4v) is 3.65. The van der Waals surface area contributed by atoms with Crippen LogP contribution in [0.5, 0.6) is 11.5 Å². The van der Waals surface area contributed by atoms with Crippen LogP contribution in [0.15, 0.2) is 24.3 Å². The van der Waals surface area contributed by atoms with Gasteiger partial charge in [-0.3, -0.25) is 0 Å². The van der Waals surface area contributed by atoms with E-state index in [0.717, 1.165) is 24.5 Å². The van der Waals surface area contributed by atoms with Crippen molar-refractivity contribution in [1.29, 1.82) is 0 Å². The van der Waals surface area contributed by atoms with Crippen LogP contribution in [-0.2, 0) is 4.79 Å². The van der Waals surface area contributed by atoms with Gasteiger partial charge in [-0.05, 0) is 49.6 Å². The zero-order valence-corrected chi connectivity index (χ0v) is 16.0. The molecule has 0 spiro atoms. The molecule has 23 heavy (non-hydrogen) atoms. The monoisotopic (exact) mass is 396 g/mol. The van der Waals surface area contributed by atoms with E-state index >= 15 is 0 Å². The molecule has 1 aromatic carbocycles. The first-order valence-electron chi connectivity index (χ1n) is 7.19. The Morgan fingerprint density at radius 2 is 1.96 bits per heavy atom. The first-order chi connectivity index (χ1) is 10.8. The molecule has 1 aromatic rings. The molecule has 0 atom stereocenters. The maximum absolute atomic E-state index is 10.6. The molecule has 0 saturated carbocycles. The molecule has 0 aromatic heterocycles. The van der Waals surface area contributed by atoms with Crippen molar-refractivity contribution in [3.8, 4) is 11.5 Å². The molecule has 128 valence electrons. The molecule has 8 heteroatoms. The maximum atomic E-state index is 10.6. The van der Waals surface area contributed by atoms with Gasteiger partial charge in [-0.25, -0.2) is 4.79 Å². The summed E-state index contributed by atoms with van der Waals surface area (Å²) >= 11 is 17.5. The van der Waals surface area contributed by atoms with Gasteiger partial charge in [-0.1, -0.05) is 6.07 Å². The van der Waals surface area contributed by atoms with Gasteiger partial charge < -0.3 is 14.6 Å². The molecular formula is C15H19Cl3O4Si. The lowest BCUT2D eigenvalue weighted by Crippen LogP contribution is -2.09. The number of ether oxygens (including phenoxy) is 2. The SMILES string of the molecule is CCOc1ccc(C=CC(=O)O)cc1OCCCC[Si](Cl)(Cl)Cl. The van der Waals surface area contributed by atoms with Crippen molar-refractivity contribution in [2.24, 2.45) is 0 Å². The van der Waals surface area contributed by atoms with Crippen LogP contribution in [0, 0.1) is 0 Å². The summed E-state index contributed by atoms with van der Waals surface area (Å²) < 4.78 is 11.2. The van der Waals surface area contributed by atoms with Crippen molar-refractivity contribution in [3.63, 3.8) is 0 Å². The quantitative estimate of drug-likeness (QED) is 0.261. The van der Waals surface area contributed by atoms with E-state index < -0.39 is 12.0 Å². The van der Waals surface area contributed by atoms with Crippen LogP contribution in [-0.4, -0.2) is 30.3 Å². The summed E-state index contributed by atoms with van der Waals surface area (Å²) in [6.45, 7) is 2.87. The van der Waals surface area contributed by atoms with Crippen molar-refractivity contribution in [1.82, 2.24) is 0 Å². The molecule has 1 rings (SSSR count). The zero-order valence-electron chi connectivity index (χ0n) is 12.7. The van der Waals surface area contributed by atoms with E-state index in [-0.39, 0.29) is 0 Å². The standard InChI is InChI=1S/C15H19Cl3O4Si/c1-2-21-13-7-5-12(6-8-15(19)20)11-14(13)22-9-3-4-10-23(16,17)18/h5-8,11H,2-4,9-10H2,1H3,(H,19,20). The van der Waals surface area contributed by atoms with E-state index in [1.807, 2.05) is 6.92 Å². The average Bonchev–Trinajstić information content (AvgIpc) is 2.45. The van der Waals surface area contributed by atoms with Crippen molar-refractivity contribution in [3.05, 3.63) is 29.8 Å². The Labute approximate surface area is 151 Å². The van der Waals surface area contributed by atoms with Crippen LogP contribution < -0.4 is 9.47 Å². The molecule has 0 bridgehead atoms. The van der Waals surface area contributed by atoms with Crippen molar-refractivity contribution in [2.45, 2.75) is 25.8 Å². The lowest BCUT2D eigenvalue weighted by molar-refractivity contribution is -0.131. The number of benzene rings is 1. The number of aliphatic carboxylic acids is 1. The molecule has 0 amide bonds. The number of rotatable bonds is 10. The number of unbranched alkanes of at least 4 members (excludes halogenated alkanes) is 1. The number of carbonyl (C=O) groups is 1. The van der Waals surface area contributed by atoms with Crippen LogP contribution in [0.4, 0.5) is 0 Å². The molecular weight excluding hydrogens is 379 g/mol. The smallest absolute Gasteiger partial charge is 0.341 e. The molecule has 0 aliphatic rings. The third kappa shape index (κ3) is 9.10. The van der Waals surface area contributed by atoms with E-state index in [0.29, 0.717) is 30.8 Å². The molecule has 0 radical (unpaired) electrons. The van der Waals surface area contributed by atoms with E-state index in [1.54, 1.807) is 18.2 Å². The highest BCUT2D eigenvalue weighted by Gasteiger charge is 2.23. The summed E-state index contributed by atoms with van der Waals surface area (Å²) in [5.41, 5.74) is 0.722. The minimum atomic E-state index is -2.57. The first-order valence-corrected chi connectivity index (χ1v) is 12.4. The van der Waals surface area contributed by atoms with Crippen LogP contribution in [0.3, 0.4) is 0 Å². The van der Waals surface area contributed by atoms with E-state index in [4.69, 9.17) is 47.8 Å². The summed E-state index contributed by atoms with van der Waals surface area (Å²) in [5.74, 6) is 0.193. The largest absolute Gasteiger partial charge is 0.490 e. The summed E-state index contributed by atoms with van der Waals surface area (Å²) in [5, 5.41) is 8.68. The maximum Gasteiger partial charge on any atom is 0.341 e. The van der Waals surface area contributed by atoms with Crippen molar-refractivity contribution >= 4 is 51.3 Å². The fourth-order valence-electron chi connectivity index (χ4n) is 1.79. The normalized spacial score (nSPS) is 11.7. The Morgan fingerprint density at radius 3 is 2.57 bits per heavy atom. The van der Waals surface area contributed by atoms with E-state index in [1.165, 1.54) is 6.08 Å². The lowest BCUT2D eigenvalue weighted by Gasteiger charge is -2.13. The predicted octanol–water partition coefficient (Wildman–Crippen LogP) is 5.00. The molecule has 0 heterocycles. The topological polar surface area (TPSA) is 55.8 Å². The van der Waals surface area contributed by atoms with Gasteiger partial charge in [-0.2, -0.15) is 0 Å². The first kappa shape index (κ1) is 20.2. The summed E-state index contributed by atoms with van der Waals surface area (Å²) in [4.78, 5) is 10.6. The van der Waals surface area contributed by atoms with Crippen molar-refractivity contribution in [2.75, 3.05) is 13.2 Å². The number of carboxylic acids is 1. The molecule has 0 unspecified atom stereocenters. The van der Waals surface area contributed by atoms with Crippen molar-refractivity contribution < 1.29 is 19.4 Å². The number of hydrogen-bond acceptors (Lipinski definition) is 3. The summed E-state index contributed by atoms with van der Waals surface area (Å²) in [6.07, 6.45) is 4.12. The summed E-state index contributed by atoms with van der Waals surface area (Å²) in [7, 11) is 0. The van der Waals surface area contributed by atoms with Crippen LogP contribution >= 0.6 is 33.2 Å². The van der Waals surface area contributed by atoms with Gasteiger partial charge in [0, 0.05) is 6.08 Å². The summed E-state index contributed by atoms with van der Waals surface area (Å²) in [6, 6.07) is 3.30. The van der Waals surface area contributed by atoms with Gasteiger partial charge >= 0.3 is 12.0 Å². The third-order valence-electron chi connectivity index (χ3n) is 2.80. The van der Waals surface area contributed by atoms with Gasteiger partial charge in [-0.15, -0.1) is 33.2 Å². The average molecular weight is 398 g/mol. The van der Waals surface area contributed by atoms with Crippen LogP contribution in [0.2, 0.25) is 6.04 Å². The van der Waals surface area contributed by atoms with Gasteiger partial charge in [0.05, 0.1) is 13.2 Å². The second-order valence-electron chi connectivity index (χ2n) is 4.73. The molecule has 0 aliphatic carbocycles. The van der Waals surface area contributed by atoms with E-state index in [2.05, 4.69) is 0 Å². The Hall–Kier alpha value is -0.883. The Balaban J connectivity index is 2.65. The highest BCUT2D eigenvalue weighted by Crippen LogP contribution is 2.30. The molecule has 0 saturated heterocycles. The van der Waals surface area contributed by atoms with Gasteiger partial charge in [0.15, 0.2) is 11.5 Å². The highest BCUT2D eigenvalue weighted by atomic mass is 35.8. The third-order valence-corrected chi connectivity index (χ3v) is 5.42. The number of carboxylic acid groups (broad SMARTS) is 1. The fraction of sp³-hybridized carbons (Fsp3) is 0.400. The predicted molar refractivity (Wildman–Crippen MR) is 97.1 cm³/mol. The van der Waals surface area contributed by atoms with Crippen LogP contribution in [0.25, 0.3) is 6.08 Å². The van der Waals surface area contributed by atoms with E-state index in [9.17, 15) is 4.79 Å². The molecule has 1 N–H and O–H groups in total. The Morgan fingerprint density at radius 1 is 1.22 bits per heavy atom. The minimum Gasteiger partial charge on any atom is -0.490 e. The second kappa shape index (κ2) is 10.1. The molecule has 4 nitrogen and oxygen atoms in total. The number of hydrogen-bond donors (Lipinski definition) is 1. The second-order valence-corrected chi connectivity index (χ2v) is 14.0. The highest BCUT2D eigenvalue weighted by molar-refractivity contribution is 7.64. The molecule has 0 fully saturated rings. The van der Waals surface area contributed by atoms with Gasteiger partial charge in [0.25, 0.3) is 0 Å². The zero-order chi connectivity index (χ0) is 17.3. The Kier molecular flexibility index (Phi) is 8.84. The lowest BCUT2D eigenvalue weighted by atomic mass is 10.2. The minimum absolute atomic E-state index is 0.474. The Bertz CT molecular complexity index is 544.